The molecule has 1 aromatic carbocycles. The quantitative estimate of drug-likeness (QED) is 0.893. The van der Waals surface area contributed by atoms with E-state index in [0.717, 1.165) is 0 Å². The highest BCUT2D eigenvalue weighted by molar-refractivity contribution is 5.79. The number of nitrogens with zero attached hydrogens (tertiary/aromatic N) is 1. The molecule has 106 valence electrons. The minimum atomic E-state index is -4.75. The third kappa shape index (κ3) is 4.78. The van der Waals surface area contributed by atoms with Gasteiger partial charge in [-0.05, 0) is 20.0 Å². The number of carbonyl (C=O) groups excluding carboxylic acids is 1. The number of primary amides is 1. The van der Waals surface area contributed by atoms with Crippen LogP contribution in [-0.2, 0) is 11.3 Å². The van der Waals surface area contributed by atoms with Crippen LogP contribution in [0.2, 0.25) is 0 Å². The lowest BCUT2D eigenvalue weighted by Gasteiger charge is -2.23. The second-order valence-corrected chi connectivity index (χ2v) is 4.15. The summed E-state index contributed by atoms with van der Waals surface area (Å²) in [7, 11) is 1.60. The molecule has 0 aliphatic heterocycles. The van der Waals surface area contributed by atoms with Gasteiger partial charge in [0.25, 0.3) is 0 Å². The summed E-state index contributed by atoms with van der Waals surface area (Å²) in [5.74, 6) is -0.824. The molecule has 7 heteroatoms. The summed E-state index contributed by atoms with van der Waals surface area (Å²) in [6.07, 6.45) is -4.75. The maximum Gasteiger partial charge on any atom is 0.573 e. The van der Waals surface area contributed by atoms with Crippen molar-refractivity contribution in [1.82, 2.24) is 4.90 Å². The third-order valence-electron chi connectivity index (χ3n) is 2.69. The molecule has 0 bridgehead atoms. The van der Waals surface area contributed by atoms with Crippen LogP contribution in [0.4, 0.5) is 13.2 Å². The van der Waals surface area contributed by atoms with Gasteiger partial charge in [-0.2, -0.15) is 0 Å². The van der Waals surface area contributed by atoms with E-state index in [4.69, 9.17) is 5.73 Å². The molecule has 4 nitrogen and oxygen atoms in total. The fourth-order valence-corrected chi connectivity index (χ4v) is 1.48. The molecule has 1 amide bonds. The molecule has 0 saturated heterocycles. The highest BCUT2D eigenvalue weighted by Crippen LogP contribution is 2.27. The van der Waals surface area contributed by atoms with Crippen LogP contribution in [0.1, 0.15) is 12.5 Å². The highest BCUT2D eigenvalue weighted by Gasteiger charge is 2.32. The molecule has 0 aliphatic rings. The minimum absolute atomic E-state index is 0.121. The van der Waals surface area contributed by atoms with Gasteiger partial charge in [0.05, 0.1) is 6.04 Å². The number of benzene rings is 1. The Labute approximate surface area is 108 Å². The number of hydrogen-bond donors (Lipinski definition) is 1. The lowest BCUT2D eigenvalue weighted by Crippen LogP contribution is -2.39. The SMILES string of the molecule is C[C@@H](C(N)=O)N(C)Cc1ccccc1OC(F)(F)F. The van der Waals surface area contributed by atoms with Crippen LogP contribution in [0.15, 0.2) is 24.3 Å². The van der Waals surface area contributed by atoms with Gasteiger partial charge in [0.15, 0.2) is 0 Å². The molecular weight excluding hydrogens is 261 g/mol. The number of ether oxygens (including phenoxy) is 1. The molecule has 0 fully saturated rings. The van der Waals surface area contributed by atoms with Gasteiger partial charge in [-0.3, -0.25) is 9.69 Å². The van der Waals surface area contributed by atoms with Gasteiger partial charge in [-0.25, -0.2) is 0 Å². The number of amides is 1. The molecule has 2 N–H and O–H groups in total. The number of para-hydroxylation sites is 1. The molecule has 0 heterocycles. The molecule has 1 rings (SSSR count). The van der Waals surface area contributed by atoms with E-state index in [0.29, 0.717) is 5.56 Å². The zero-order chi connectivity index (χ0) is 14.6. The Hall–Kier alpha value is -1.76. The molecule has 0 aliphatic carbocycles. The summed E-state index contributed by atoms with van der Waals surface area (Å²) in [6, 6.07) is 5.19. The molecule has 0 unspecified atom stereocenters. The number of nitrogens with two attached hydrogens (primary N) is 1. The van der Waals surface area contributed by atoms with Crippen LogP contribution in [0, 0.1) is 0 Å². The van der Waals surface area contributed by atoms with Gasteiger partial charge in [0, 0.05) is 12.1 Å². The summed E-state index contributed by atoms with van der Waals surface area (Å²) >= 11 is 0. The molecular formula is C12H15F3N2O2. The average molecular weight is 276 g/mol. The van der Waals surface area contributed by atoms with Crippen molar-refractivity contribution in [3.8, 4) is 5.75 Å². The van der Waals surface area contributed by atoms with Crippen molar-refractivity contribution in [3.63, 3.8) is 0 Å². The van der Waals surface area contributed by atoms with E-state index in [1.807, 2.05) is 0 Å². The third-order valence-corrected chi connectivity index (χ3v) is 2.69. The summed E-state index contributed by atoms with van der Waals surface area (Å²) in [4.78, 5) is 12.6. The Bertz CT molecular complexity index is 449. The number of halogens is 3. The van der Waals surface area contributed by atoms with E-state index in [9.17, 15) is 18.0 Å². The molecule has 1 atom stereocenters. The van der Waals surface area contributed by atoms with Crippen molar-refractivity contribution in [2.45, 2.75) is 25.9 Å². The van der Waals surface area contributed by atoms with Crippen LogP contribution in [0.25, 0.3) is 0 Å². The van der Waals surface area contributed by atoms with Crippen LogP contribution in [0.5, 0.6) is 5.75 Å². The lowest BCUT2D eigenvalue weighted by molar-refractivity contribution is -0.275. The van der Waals surface area contributed by atoms with Crippen molar-refractivity contribution in [3.05, 3.63) is 29.8 Å². The average Bonchev–Trinajstić information content (AvgIpc) is 2.28. The second kappa shape index (κ2) is 5.92. The first-order valence-electron chi connectivity index (χ1n) is 5.54. The predicted molar refractivity (Wildman–Crippen MR) is 63.2 cm³/mol. The van der Waals surface area contributed by atoms with Crippen LogP contribution in [0.3, 0.4) is 0 Å². The molecule has 0 spiro atoms. The van der Waals surface area contributed by atoms with E-state index < -0.39 is 18.3 Å². The molecule has 0 radical (unpaired) electrons. The topological polar surface area (TPSA) is 55.6 Å². The molecule has 1 aromatic rings. The Kier molecular flexibility index (Phi) is 4.77. The fraction of sp³-hybridized carbons (Fsp3) is 0.417. The van der Waals surface area contributed by atoms with Crippen molar-refractivity contribution in [2.75, 3.05) is 7.05 Å². The van der Waals surface area contributed by atoms with Crippen molar-refractivity contribution < 1.29 is 22.7 Å². The maximum absolute atomic E-state index is 12.2. The normalized spacial score (nSPS) is 13.4. The number of hydrogen-bond acceptors (Lipinski definition) is 3. The lowest BCUT2D eigenvalue weighted by atomic mass is 10.1. The fourth-order valence-electron chi connectivity index (χ4n) is 1.48. The van der Waals surface area contributed by atoms with Crippen molar-refractivity contribution in [2.24, 2.45) is 5.73 Å². The predicted octanol–water partition coefficient (Wildman–Crippen LogP) is 1.89. The first-order chi connectivity index (χ1) is 8.70. The van der Waals surface area contributed by atoms with Gasteiger partial charge in [-0.15, -0.1) is 13.2 Å². The van der Waals surface area contributed by atoms with Gasteiger partial charge >= 0.3 is 6.36 Å². The highest BCUT2D eigenvalue weighted by atomic mass is 19.4. The van der Waals surface area contributed by atoms with E-state index >= 15 is 0 Å². The van der Waals surface area contributed by atoms with E-state index in [-0.39, 0.29) is 12.3 Å². The maximum atomic E-state index is 12.2. The number of likely N-dealkylation sites (N-methyl/N-ethyl adjacent to an activating group) is 1. The van der Waals surface area contributed by atoms with Crippen LogP contribution in [-0.4, -0.2) is 30.3 Å². The van der Waals surface area contributed by atoms with Gasteiger partial charge in [0.2, 0.25) is 5.91 Å². The van der Waals surface area contributed by atoms with E-state index in [2.05, 4.69) is 4.74 Å². The van der Waals surface area contributed by atoms with Crippen LogP contribution < -0.4 is 10.5 Å². The first-order valence-corrected chi connectivity index (χ1v) is 5.54. The summed E-state index contributed by atoms with van der Waals surface area (Å²) in [5.41, 5.74) is 5.47. The Morgan fingerprint density at radius 3 is 2.53 bits per heavy atom. The summed E-state index contributed by atoms with van der Waals surface area (Å²) < 4.78 is 40.6. The van der Waals surface area contributed by atoms with Crippen LogP contribution >= 0.6 is 0 Å². The Balaban J connectivity index is 2.86. The smallest absolute Gasteiger partial charge is 0.405 e. The Morgan fingerprint density at radius 2 is 2.00 bits per heavy atom. The Morgan fingerprint density at radius 1 is 1.42 bits per heavy atom. The van der Waals surface area contributed by atoms with E-state index in [1.165, 1.54) is 18.2 Å². The molecule has 19 heavy (non-hydrogen) atoms. The van der Waals surface area contributed by atoms with Gasteiger partial charge in [-0.1, -0.05) is 18.2 Å². The summed E-state index contributed by atoms with van der Waals surface area (Å²) in [5, 5.41) is 0. The number of alkyl halides is 3. The van der Waals surface area contributed by atoms with E-state index in [1.54, 1.807) is 24.9 Å². The zero-order valence-corrected chi connectivity index (χ0v) is 10.6. The monoisotopic (exact) mass is 276 g/mol. The number of rotatable bonds is 5. The van der Waals surface area contributed by atoms with Crippen molar-refractivity contribution >= 4 is 5.91 Å². The second-order valence-electron chi connectivity index (χ2n) is 4.15. The summed E-state index contributed by atoms with van der Waals surface area (Å²) in [6.45, 7) is 1.70. The molecule has 0 saturated carbocycles. The minimum Gasteiger partial charge on any atom is -0.405 e. The standard InChI is InChI=1S/C12H15F3N2O2/c1-8(11(16)18)17(2)7-9-5-3-4-6-10(9)19-12(13,14)15/h3-6,8H,7H2,1-2H3,(H2,16,18)/t8-/m0/s1. The van der Waals surface area contributed by atoms with Gasteiger partial charge < -0.3 is 10.5 Å². The van der Waals surface area contributed by atoms with Gasteiger partial charge in [0.1, 0.15) is 5.75 Å². The first kappa shape index (κ1) is 15.3. The molecule has 0 aromatic heterocycles. The zero-order valence-electron chi connectivity index (χ0n) is 10.6. The number of carbonyl (C=O) groups is 1. The van der Waals surface area contributed by atoms with Crippen molar-refractivity contribution in [1.29, 1.82) is 0 Å². The largest absolute Gasteiger partial charge is 0.573 e.